The Morgan fingerprint density at radius 3 is 2.94 bits per heavy atom. The van der Waals surface area contributed by atoms with Gasteiger partial charge in [0.1, 0.15) is 6.07 Å². The zero-order chi connectivity index (χ0) is 12.1. The van der Waals surface area contributed by atoms with E-state index in [0.29, 0.717) is 17.8 Å². The predicted molar refractivity (Wildman–Crippen MR) is 64.9 cm³/mol. The Morgan fingerprint density at radius 1 is 1.35 bits per heavy atom. The first-order chi connectivity index (χ1) is 8.29. The van der Waals surface area contributed by atoms with Crippen LogP contribution >= 0.6 is 0 Å². The van der Waals surface area contributed by atoms with Crippen molar-refractivity contribution in [1.29, 1.82) is 5.26 Å². The molecule has 1 aromatic heterocycles. The number of rotatable bonds is 3. The molecule has 1 aromatic carbocycles. The van der Waals surface area contributed by atoms with Gasteiger partial charge in [0.2, 0.25) is 0 Å². The van der Waals surface area contributed by atoms with Crippen molar-refractivity contribution in [3.05, 3.63) is 47.8 Å². The van der Waals surface area contributed by atoms with Gasteiger partial charge in [-0.25, -0.2) is 0 Å². The van der Waals surface area contributed by atoms with E-state index in [1.165, 1.54) is 0 Å². The Bertz CT molecular complexity index is 545. The molecule has 17 heavy (non-hydrogen) atoms. The Hall–Kier alpha value is -2.61. The van der Waals surface area contributed by atoms with Crippen LogP contribution in [0.15, 0.2) is 36.5 Å². The zero-order valence-corrected chi connectivity index (χ0v) is 9.09. The molecule has 84 valence electrons. The fraction of sp³-hybridized carbons (Fsp3) is 0.0833. The lowest BCUT2D eigenvalue weighted by Crippen LogP contribution is -2.03. The fourth-order valence-corrected chi connectivity index (χ4v) is 1.38. The van der Waals surface area contributed by atoms with Gasteiger partial charge in [0.15, 0.2) is 0 Å². The van der Waals surface area contributed by atoms with Crippen molar-refractivity contribution >= 4 is 11.4 Å². The first-order valence-electron chi connectivity index (χ1n) is 5.09. The van der Waals surface area contributed by atoms with Crippen LogP contribution in [0.25, 0.3) is 0 Å². The van der Waals surface area contributed by atoms with E-state index in [1.54, 1.807) is 18.3 Å². The van der Waals surface area contributed by atoms with Crippen LogP contribution in [0.5, 0.6) is 0 Å². The molecule has 0 unspecified atom stereocenters. The number of nitrogens with zero attached hydrogens (tertiary/aromatic N) is 3. The van der Waals surface area contributed by atoms with E-state index in [2.05, 4.69) is 15.5 Å². The van der Waals surface area contributed by atoms with Crippen molar-refractivity contribution in [2.45, 2.75) is 6.54 Å². The lowest BCUT2D eigenvalue weighted by Gasteiger charge is -2.06. The van der Waals surface area contributed by atoms with Crippen LogP contribution < -0.4 is 11.1 Å². The summed E-state index contributed by atoms with van der Waals surface area (Å²) in [6.07, 6.45) is 1.63. The van der Waals surface area contributed by atoms with E-state index >= 15 is 0 Å². The standard InChI is InChI=1S/C12H11N5/c13-7-9-6-10(3-4-12(9)14)15-8-11-2-1-5-16-17-11/h1-6,15H,8,14H2. The number of nitriles is 1. The molecule has 2 aromatic rings. The summed E-state index contributed by atoms with van der Waals surface area (Å²) in [7, 11) is 0. The van der Waals surface area contributed by atoms with E-state index in [1.807, 2.05) is 24.3 Å². The summed E-state index contributed by atoms with van der Waals surface area (Å²) in [4.78, 5) is 0. The normalized spacial score (nSPS) is 9.59. The van der Waals surface area contributed by atoms with E-state index < -0.39 is 0 Å². The van der Waals surface area contributed by atoms with Gasteiger partial charge in [-0.15, -0.1) is 0 Å². The molecule has 0 amide bonds. The molecule has 0 radical (unpaired) electrons. The first kappa shape index (κ1) is 10.9. The molecule has 2 rings (SSSR count). The maximum atomic E-state index is 8.85. The van der Waals surface area contributed by atoms with Gasteiger partial charge in [0.25, 0.3) is 0 Å². The average Bonchev–Trinajstić information content (AvgIpc) is 2.39. The second kappa shape index (κ2) is 4.94. The van der Waals surface area contributed by atoms with E-state index in [4.69, 9.17) is 11.0 Å². The summed E-state index contributed by atoms with van der Waals surface area (Å²) >= 11 is 0. The Morgan fingerprint density at radius 2 is 2.24 bits per heavy atom. The number of nitrogens with two attached hydrogens (primary N) is 1. The summed E-state index contributed by atoms with van der Waals surface area (Å²) in [5.41, 5.74) is 8.26. The van der Waals surface area contributed by atoms with Crippen molar-refractivity contribution in [2.24, 2.45) is 0 Å². The summed E-state index contributed by atoms with van der Waals surface area (Å²) < 4.78 is 0. The average molecular weight is 225 g/mol. The third kappa shape index (κ3) is 2.69. The number of anilines is 2. The summed E-state index contributed by atoms with van der Waals surface area (Å²) in [5.74, 6) is 0. The smallest absolute Gasteiger partial charge is 0.101 e. The molecule has 0 spiro atoms. The van der Waals surface area contributed by atoms with Crippen molar-refractivity contribution in [3.8, 4) is 6.07 Å². The highest BCUT2D eigenvalue weighted by Gasteiger charge is 2.00. The van der Waals surface area contributed by atoms with Crippen LogP contribution in [0.4, 0.5) is 11.4 Å². The lowest BCUT2D eigenvalue weighted by molar-refractivity contribution is 0.925. The SMILES string of the molecule is N#Cc1cc(NCc2cccnn2)ccc1N. The van der Waals surface area contributed by atoms with E-state index in [-0.39, 0.29) is 0 Å². The fourth-order valence-electron chi connectivity index (χ4n) is 1.38. The molecule has 5 nitrogen and oxygen atoms in total. The van der Waals surface area contributed by atoms with E-state index in [0.717, 1.165) is 11.4 Å². The minimum Gasteiger partial charge on any atom is -0.398 e. The molecule has 0 saturated carbocycles. The third-order valence-corrected chi connectivity index (χ3v) is 2.27. The van der Waals surface area contributed by atoms with Gasteiger partial charge >= 0.3 is 0 Å². The molecule has 0 aliphatic carbocycles. The maximum absolute atomic E-state index is 8.85. The number of nitrogens with one attached hydrogen (secondary N) is 1. The van der Waals surface area contributed by atoms with Crippen LogP contribution in [0, 0.1) is 11.3 Å². The Labute approximate surface area is 98.9 Å². The van der Waals surface area contributed by atoms with Gasteiger partial charge in [0, 0.05) is 17.6 Å². The Balaban J connectivity index is 2.08. The predicted octanol–water partition coefficient (Wildman–Crippen LogP) is 1.54. The molecular weight excluding hydrogens is 214 g/mol. The molecule has 3 N–H and O–H groups in total. The van der Waals surface area contributed by atoms with Gasteiger partial charge in [0.05, 0.1) is 17.8 Å². The molecule has 0 aliphatic rings. The first-order valence-corrected chi connectivity index (χ1v) is 5.09. The summed E-state index contributed by atoms with van der Waals surface area (Å²) in [6, 6.07) is 11.0. The second-order valence-electron chi connectivity index (χ2n) is 3.48. The maximum Gasteiger partial charge on any atom is 0.101 e. The van der Waals surface area contributed by atoms with Crippen LogP contribution in [0.2, 0.25) is 0 Å². The topological polar surface area (TPSA) is 87.6 Å². The van der Waals surface area contributed by atoms with Crippen molar-refractivity contribution in [3.63, 3.8) is 0 Å². The highest BCUT2D eigenvalue weighted by molar-refractivity contribution is 5.61. The lowest BCUT2D eigenvalue weighted by atomic mass is 10.2. The third-order valence-electron chi connectivity index (χ3n) is 2.27. The van der Waals surface area contributed by atoms with Gasteiger partial charge < -0.3 is 11.1 Å². The summed E-state index contributed by atoms with van der Waals surface area (Å²) in [5, 5.41) is 19.7. The number of aromatic nitrogens is 2. The van der Waals surface area contributed by atoms with Gasteiger partial charge in [-0.1, -0.05) is 0 Å². The minimum atomic E-state index is 0.467. The largest absolute Gasteiger partial charge is 0.398 e. The molecular formula is C12H11N5. The van der Waals surface area contributed by atoms with Crippen LogP contribution in [0.1, 0.15) is 11.3 Å². The molecule has 0 saturated heterocycles. The van der Waals surface area contributed by atoms with E-state index in [9.17, 15) is 0 Å². The number of nitrogen functional groups attached to an aromatic ring is 1. The minimum absolute atomic E-state index is 0.467. The Kier molecular flexibility index (Phi) is 3.17. The van der Waals surface area contributed by atoms with Gasteiger partial charge in [-0.2, -0.15) is 15.5 Å². The molecule has 0 bridgehead atoms. The second-order valence-corrected chi connectivity index (χ2v) is 3.48. The monoisotopic (exact) mass is 225 g/mol. The number of hydrogen-bond acceptors (Lipinski definition) is 5. The highest BCUT2D eigenvalue weighted by atomic mass is 15.1. The van der Waals surface area contributed by atoms with Crippen LogP contribution in [-0.2, 0) is 6.54 Å². The molecule has 5 heteroatoms. The number of hydrogen-bond donors (Lipinski definition) is 2. The van der Waals surface area contributed by atoms with Crippen molar-refractivity contribution < 1.29 is 0 Å². The highest BCUT2D eigenvalue weighted by Crippen LogP contribution is 2.17. The van der Waals surface area contributed by atoms with Crippen molar-refractivity contribution in [2.75, 3.05) is 11.1 Å². The van der Waals surface area contributed by atoms with Gasteiger partial charge in [-0.3, -0.25) is 0 Å². The molecule has 1 heterocycles. The van der Waals surface area contributed by atoms with Crippen molar-refractivity contribution in [1.82, 2.24) is 10.2 Å². The molecule has 0 fully saturated rings. The zero-order valence-electron chi connectivity index (χ0n) is 9.09. The quantitative estimate of drug-likeness (QED) is 0.773. The van der Waals surface area contributed by atoms with Crippen LogP contribution in [-0.4, -0.2) is 10.2 Å². The number of benzene rings is 1. The van der Waals surface area contributed by atoms with Crippen LogP contribution in [0.3, 0.4) is 0 Å². The molecule has 0 atom stereocenters. The van der Waals surface area contributed by atoms with Gasteiger partial charge in [-0.05, 0) is 30.3 Å². The molecule has 0 aliphatic heterocycles. The summed E-state index contributed by atoms with van der Waals surface area (Å²) in [6.45, 7) is 0.558.